The number of nitrogens with zero attached hydrogens (tertiary/aromatic N) is 2. The molecule has 0 saturated carbocycles. The van der Waals surface area contributed by atoms with E-state index in [2.05, 4.69) is 5.32 Å². The highest BCUT2D eigenvalue weighted by atomic mass is 19.1. The van der Waals surface area contributed by atoms with Crippen molar-refractivity contribution < 1.29 is 34.1 Å². The molecule has 2 fully saturated rings. The van der Waals surface area contributed by atoms with Gasteiger partial charge in [0.15, 0.2) is 0 Å². The fourth-order valence-corrected chi connectivity index (χ4v) is 3.72. The molecular weight excluding hydrogens is 392 g/mol. The molecule has 1 aromatic rings. The van der Waals surface area contributed by atoms with Gasteiger partial charge in [-0.25, -0.2) is 8.78 Å². The summed E-state index contributed by atoms with van der Waals surface area (Å²) in [6, 6.07) is -0.801. The first-order chi connectivity index (χ1) is 17.1. The van der Waals surface area contributed by atoms with E-state index in [1.807, 2.05) is 0 Å². The Balaban J connectivity index is 1.87. The zero-order valence-electron chi connectivity index (χ0n) is 24.7. The molecule has 0 aliphatic carbocycles. The van der Waals surface area contributed by atoms with E-state index >= 15 is 8.78 Å². The van der Waals surface area contributed by atoms with E-state index in [0.29, 0.717) is 11.0 Å². The lowest BCUT2D eigenvalue weighted by Crippen LogP contribution is -2.52. The molecule has 3 aliphatic rings. The maximum Gasteiger partial charge on any atom is 0.258 e. The first kappa shape index (κ1) is 13.1. The van der Waals surface area contributed by atoms with E-state index in [0.717, 1.165) is 4.90 Å². The van der Waals surface area contributed by atoms with Gasteiger partial charge in [-0.1, -0.05) is 0 Å². The molecule has 3 amide bonds. The van der Waals surface area contributed by atoms with E-state index < -0.39 is 95.8 Å². The predicted molar refractivity (Wildman–Crippen MR) is 106 cm³/mol. The zero-order chi connectivity index (χ0) is 29.0. The predicted octanol–water partition coefficient (Wildman–Crippen LogP) is 2.70. The summed E-state index contributed by atoms with van der Waals surface area (Å²) >= 11 is 0. The molecule has 8 heteroatoms. The molecular formula is C22H27F2N3O3. The van der Waals surface area contributed by atoms with Gasteiger partial charge in [0.25, 0.3) is 5.91 Å². The number of benzene rings is 1. The van der Waals surface area contributed by atoms with Gasteiger partial charge in [0.2, 0.25) is 11.8 Å². The van der Waals surface area contributed by atoms with Crippen LogP contribution in [-0.4, -0.2) is 52.1 Å². The minimum absolute atomic E-state index is 0.0860. The molecule has 4 rings (SSSR count). The van der Waals surface area contributed by atoms with E-state index in [1.54, 1.807) is 0 Å². The first-order valence-electron chi connectivity index (χ1n) is 13.6. The molecule has 2 saturated heterocycles. The van der Waals surface area contributed by atoms with Crippen molar-refractivity contribution in [1.29, 1.82) is 0 Å². The minimum atomic E-state index is -3.29. The Morgan fingerprint density at radius 2 is 1.83 bits per heavy atom. The van der Waals surface area contributed by atoms with Crippen LogP contribution in [0.2, 0.25) is 0 Å². The van der Waals surface area contributed by atoms with Crippen molar-refractivity contribution in [2.75, 3.05) is 13.0 Å². The number of likely N-dealkylation sites (tertiary alicyclic amines) is 1. The summed E-state index contributed by atoms with van der Waals surface area (Å²) in [6.07, 6.45) is -6.77. The molecule has 3 heterocycles. The normalized spacial score (nSPS) is 34.4. The molecule has 6 nitrogen and oxygen atoms in total. The van der Waals surface area contributed by atoms with Crippen LogP contribution in [-0.2, 0) is 16.1 Å². The fraction of sp³-hybridized carbons (Fsp3) is 0.591. The third-order valence-electron chi connectivity index (χ3n) is 5.35. The molecule has 30 heavy (non-hydrogen) atoms. The SMILES string of the molecule is [2H]C1([2H])C(c2cc(F)c3c(c2F)CN([C@@H]2CCC(=O)NC2=O)C3=O)C([2H])([2H])C([2H])([2H])N(C(C)(C)C)C1([2H])[2H]. The van der Waals surface area contributed by atoms with Crippen molar-refractivity contribution in [1.82, 2.24) is 15.1 Å². The topological polar surface area (TPSA) is 69.7 Å². The second-order valence-electron chi connectivity index (χ2n) is 8.47. The summed E-state index contributed by atoms with van der Waals surface area (Å²) in [7, 11) is 0. The number of carbonyl (C=O) groups excluding carboxylic acids is 3. The van der Waals surface area contributed by atoms with E-state index in [4.69, 9.17) is 11.0 Å². The van der Waals surface area contributed by atoms with Gasteiger partial charge in [0.1, 0.15) is 17.7 Å². The highest BCUT2D eigenvalue weighted by molar-refractivity contribution is 6.05. The van der Waals surface area contributed by atoms with Crippen LogP contribution >= 0.6 is 0 Å². The maximum atomic E-state index is 16.0. The largest absolute Gasteiger partial charge is 0.322 e. The van der Waals surface area contributed by atoms with Crippen LogP contribution in [0.15, 0.2) is 6.07 Å². The highest BCUT2D eigenvalue weighted by Crippen LogP contribution is 2.38. The minimum Gasteiger partial charge on any atom is -0.322 e. The Hall–Kier alpha value is -2.35. The summed E-state index contributed by atoms with van der Waals surface area (Å²) in [6.45, 7) is -2.90. The smallest absolute Gasteiger partial charge is 0.258 e. The summed E-state index contributed by atoms with van der Waals surface area (Å²) in [4.78, 5) is 38.1. The number of hydrogen-bond donors (Lipinski definition) is 1. The Morgan fingerprint density at radius 1 is 1.17 bits per heavy atom. The Bertz CT molecular complexity index is 1220. The Kier molecular flexibility index (Phi) is 3.25. The van der Waals surface area contributed by atoms with Crippen molar-refractivity contribution in [2.24, 2.45) is 0 Å². The highest BCUT2D eigenvalue weighted by Gasteiger charge is 2.43. The van der Waals surface area contributed by atoms with Crippen LogP contribution in [0.1, 0.15) is 84.7 Å². The number of piperidine rings is 2. The van der Waals surface area contributed by atoms with Crippen molar-refractivity contribution in [3.8, 4) is 0 Å². The lowest BCUT2D eigenvalue weighted by molar-refractivity contribution is -0.136. The van der Waals surface area contributed by atoms with Crippen molar-refractivity contribution in [3.05, 3.63) is 34.4 Å². The van der Waals surface area contributed by atoms with Crippen LogP contribution < -0.4 is 5.32 Å². The average molecular weight is 428 g/mol. The molecule has 1 aromatic carbocycles. The quantitative estimate of drug-likeness (QED) is 0.737. The average Bonchev–Trinajstić information content (AvgIpc) is 3.06. The molecule has 162 valence electrons. The van der Waals surface area contributed by atoms with Gasteiger partial charge in [0, 0.05) is 28.5 Å². The molecule has 0 spiro atoms. The van der Waals surface area contributed by atoms with Gasteiger partial charge in [-0.3, -0.25) is 24.6 Å². The number of amides is 3. The third kappa shape index (κ3) is 3.51. The molecule has 1 atom stereocenters. The Morgan fingerprint density at radius 3 is 2.43 bits per heavy atom. The summed E-state index contributed by atoms with van der Waals surface area (Å²) < 4.78 is 100.0. The number of rotatable bonds is 2. The van der Waals surface area contributed by atoms with Gasteiger partial charge >= 0.3 is 0 Å². The van der Waals surface area contributed by atoms with Gasteiger partial charge in [-0.15, -0.1) is 0 Å². The van der Waals surface area contributed by atoms with Gasteiger partial charge in [-0.05, 0) is 70.5 Å². The molecule has 0 aromatic heterocycles. The summed E-state index contributed by atoms with van der Waals surface area (Å²) in [5.74, 6) is -7.65. The third-order valence-corrected chi connectivity index (χ3v) is 5.35. The fourth-order valence-electron chi connectivity index (χ4n) is 3.72. The molecule has 0 unspecified atom stereocenters. The second-order valence-corrected chi connectivity index (χ2v) is 8.47. The number of nitrogens with one attached hydrogen (secondary N) is 1. The number of fused-ring (bicyclic) bond motifs is 1. The lowest BCUT2D eigenvalue weighted by atomic mass is 9.85. The summed E-state index contributed by atoms with van der Waals surface area (Å²) in [5, 5.41) is 2.06. The zero-order valence-corrected chi connectivity index (χ0v) is 16.7. The van der Waals surface area contributed by atoms with Crippen LogP contribution in [0.25, 0.3) is 0 Å². The number of imide groups is 1. The van der Waals surface area contributed by atoms with Gasteiger partial charge in [-0.2, -0.15) is 0 Å². The van der Waals surface area contributed by atoms with Crippen molar-refractivity contribution >= 4 is 17.7 Å². The lowest BCUT2D eigenvalue weighted by Gasteiger charge is -2.41. The van der Waals surface area contributed by atoms with Crippen molar-refractivity contribution in [3.63, 3.8) is 0 Å². The standard InChI is InChI=1S/C22H27F2N3O3/c1-22(2,3)26-8-6-12(7-9-26)13-10-15(23)18-14(19(13)24)11-27(21(18)30)16-4-5-17(28)25-20(16)29/h10,12,16H,4-9,11H2,1-3H3,(H,25,28,29)/t16-/m1/s1/i6D2,7D2,8D2,9D2. The first-order valence-corrected chi connectivity index (χ1v) is 9.56. The van der Waals surface area contributed by atoms with E-state index in [9.17, 15) is 14.4 Å². The number of halogens is 2. The number of carbonyl (C=O) groups is 3. The van der Waals surface area contributed by atoms with Gasteiger partial charge < -0.3 is 4.90 Å². The summed E-state index contributed by atoms with van der Waals surface area (Å²) in [5.41, 5.74) is -3.71. The molecule has 3 aliphatic heterocycles. The number of hydrogen-bond acceptors (Lipinski definition) is 4. The molecule has 0 bridgehead atoms. The van der Waals surface area contributed by atoms with E-state index in [1.165, 1.54) is 20.8 Å². The van der Waals surface area contributed by atoms with E-state index in [-0.39, 0.29) is 12.8 Å². The van der Waals surface area contributed by atoms with Crippen molar-refractivity contribution in [2.45, 2.75) is 70.4 Å². The molecule has 0 radical (unpaired) electrons. The monoisotopic (exact) mass is 427 g/mol. The van der Waals surface area contributed by atoms with Crippen LogP contribution in [0.3, 0.4) is 0 Å². The van der Waals surface area contributed by atoms with Crippen LogP contribution in [0, 0.1) is 11.6 Å². The van der Waals surface area contributed by atoms with Gasteiger partial charge in [0.05, 0.1) is 12.1 Å². The Labute approximate surface area is 185 Å². The second kappa shape index (κ2) is 7.41. The molecule has 1 N–H and O–H groups in total. The van der Waals surface area contributed by atoms with Crippen LogP contribution in [0.4, 0.5) is 8.78 Å². The maximum absolute atomic E-state index is 16.0. The van der Waals surface area contributed by atoms with Crippen LogP contribution in [0.5, 0.6) is 0 Å².